The van der Waals surface area contributed by atoms with Gasteiger partial charge < -0.3 is 5.73 Å². The van der Waals surface area contributed by atoms with E-state index in [0.717, 1.165) is 5.01 Å². The minimum atomic E-state index is 0.532. The third kappa shape index (κ3) is 1.28. The Morgan fingerprint density at radius 2 is 2.27 bits per heavy atom. The number of hydrogen-bond acceptors (Lipinski definition) is 4. The van der Waals surface area contributed by atoms with Crippen LogP contribution in [0.15, 0.2) is 0 Å². The summed E-state index contributed by atoms with van der Waals surface area (Å²) in [6, 6.07) is 0. The van der Waals surface area contributed by atoms with Gasteiger partial charge in [-0.25, -0.2) is 0 Å². The Morgan fingerprint density at radius 3 is 2.73 bits per heavy atom. The second-order valence-corrected chi connectivity index (χ2v) is 3.96. The summed E-state index contributed by atoms with van der Waals surface area (Å²) in [5, 5.41) is 10.2. The smallest absolute Gasteiger partial charge is 0.131 e. The van der Waals surface area contributed by atoms with Gasteiger partial charge in [0.05, 0.1) is 0 Å². The van der Waals surface area contributed by atoms with Crippen molar-refractivity contribution in [2.24, 2.45) is 5.73 Å². The van der Waals surface area contributed by atoms with Crippen LogP contribution in [0.2, 0.25) is 0 Å². The molecule has 0 aromatic carbocycles. The van der Waals surface area contributed by atoms with Crippen molar-refractivity contribution in [2.75, 3.05) is 0 Å². The van der Waals surface area contributed by atoms with E-state index in [1.165, 1.54) is 24.3 Å². The third-order valence-corrected chi connectivity index (χ3v) is 3.22. The van der Waals surface area contributed by atoms with Crippen LogP contribution in [0.3, 0.4) is 0 Å². The summed E-state index contributed by atoms with van der Waals surface area (Å²) < 4.78 is 0. The first-order valence-corrected chi connectivity index (χ1v) is 4.74. The van der Waals surface area contributed by atoms with Gasteiger partial charge in [0.2, 0.25) is 0 Å². The van der Waals surface area contributed by atoms with Crippen molar-refractivity contribution in [3.05, 3.63) is 10.0 Å². The van der Waals surface area contributed by atoms with Crippen molar-refractivity contribution in [3.8, 4) is 0 Å². The molecule has 11 heavy (non-hydrogen) atoms. The average molecular weight is 169 g/mol. The Morgan fingerprint density at radius 1 is 1.45 bits per heavy atom. The van der Waals surface area contributed by atoms with Crippen molar-refractivity contribution >= 4 is 11.3 Å². The molecule has 0 amide bonds. The Bertz CT molecular complexity index is 242. The first kappa shape index (κ1) is 7.18. The molecule has 0 radical (unpaired) electrons. The van der Waals surface area contributed by atoms with Gasteiger partial charge in [0.25, 0.3) is 0 Å². The molecule has 0 spiro atoms. The fraction of sp³-hybridized carbons (Fsp3) is 0.714. The van der Waals surface area contributed by atoms with E-state index in [1.807, 2.05) is 0 Å². The molecule has 1 fully saturated rings. The average Bonchev–Trinajstić information content (AvgIpc) is 2.32. The number of rotatable bonds is 2. The molecule has 4 heteroatoms. The Labute approximate surface area is 69.6 Å². The summed E-state index contributed by atoms with van der Waals surface area (Å²) in [4.78, 5) is 0. The maximum Gasteiger partial charge on any atom is 0.131 e. The van der Waals surface area contributed by atoms with Gasteiger partial charge in [-0.1, -0.05) is 17.8 Å². The third-order valence-electron chi connectivity index (χ3n) is 2.11. The van der Waals surface area contributed by atoms with E-state index < -0.39 is 0 Å². The molecule has 1 heterocycles. The van der Waals surface area contributed by atoms with Crippen LogP contribution in [0.4, 0.5) is 0 Å². The van der Waals surface area contributed by atoms with Crippen LogP contribution in [0.1, 0.15) is 35.2 Å². The van der Waals surface area contributed by atoms with Gasteiger partial charge in [0, 0.05) is 12.5 Å². The predicted molar refractivity (Wildman–Crippen MR) is 44.4 cm³/mol. The normalized spacial score (nSPS) is 18.3. The molecule has 0 unspecified atom stereocenters. The molecule has 60 valence electrons. The molecule has 0 aliphatic heterocycles. The molecular weight excluding hydrogens is 158 g/mol. The Balaban J connectivity index is 2.11. The highest BCUT2D eigenvalue weighted by Crippen LogP contribution is 2.37. The lowest BCUT2D eigenvalue weighted by Crippen LogP contribution is -2.07. The predicted octanol–water partition coefficient (Wildman–Crippen LogP) is 1.26. The molecule has 0 atom stereocenters. The largest absolute Gasteiger partial charge is 0.324 e. The molecule has 0 saturated heterocycles. The van der Waals surface area contributed by atoms with E-state index in [1.54, 1.807) is 11.3 Å². The zero-order valence-corrected chi connectivity index (χ0v) is 7.10. The highest BCUT2D eigenvalue weighted by molar-refractivity contribution is 7.11. The van der Waals surface area contributed by atoms with Gasteiger partial charge in [0.15, 0.2) is 0 Å². The summed E-state index contributed by atoms with van der Waals surface area (Å²) in [6.07, 6.45) is 3.93. The quantitative estimate of drug-likeness (QED) is 0.725. The van der Waals surface area contributed by atoms with Crippen LogP contribution in [0.25, 0.3) is 0 Å². The minimum Gasteiger partial charge on any atom is -0.324 e. The molecule has 3 nitrogen and oxygen atoms in total. The summed E-state index contributed by atoms with van der Waals surface area (Å²) in [5.41, 5.74) is 5.43. The van der Waals surface area contributed by atoms with E-state index in [9.17, 15) is 0 Å². The van der Waals surface area contributed by atoms with E-state index in [-0.39, 0.29) is 0 Å². The van der Waals surface area contributed by atoms with Gasteiger partial charge in [0.1, 0.15) is 10.0 Å². The van der Waals surface area contributed by atoms with Crippen molar-refractivity contribution in [2.45, 2.75) is 31.7 Å². The number of nitrogens with two attached hydrogens (primary N) is 1. The van der Waals surface area contributed by atoms with E-state index in [0.29, 0.717) is 12.5 Å². The van der Waals surface area contributed by atoms with Crippen LogP contribution in [-0.4, -0.2) is 10.2 Å². The van der Waals surface area contributed by atoms with Gasteiger partial charge in [-0.15, -0.1) is 10.2 Å². The van der Waals surface area contributed by atoms with E-state index in [4.69, 9.17) is 5.73 Å². The molecule has 1 saturated carbocycles. The van der Waals surface area contributed by atoms with Crippen molar-refractivity contribution in [1.82, 2.24) is 10.2 Å². The van der Waals surface area contributed by atoms with Gasteiger partial charge in [-0.2, -0.15) is 0 Å². The molecule has 1 aromatic rings. The van der Waals surface area contributed by atoms with Crippen molar-refractivity contribution in [3.63, 3.8) is 0 Å². The van der Waals surface area contributed by atoms with E-state index in [2.05, 4.69) is 10.2 Å². The van der Waals surface area contributed by atoms with Crippen molar-refractivity contribution < 1.29 is 0 Å². The lowest BCUT2D eigenvalue weighted by atomic mass is 9.86. The van der Waals surface area contributed by atoms with Crippen LogP contribution < -0.4 is 5.73 Å². The summed E-state index contributed by atoms with van der Waals surface area (Å²) >= 11 is 1.67. The zero-order valence-electron chi connectivity index (χ0n) is 6.29. The highest BCUT2D eigenvalue weighted by Gasteiger charge is 2.22. The number of nitrogens with zero attached hydrogens (tertiary/aromatic N) is 2. The maximum atomic E-state index is 5.43. The molecule has 2 rings (SSSR count). The molecule has 2 N–H and O–H groups in total. The lowest BCUT2D eigenvalue weighted by molar-refractivity contribution is 0.416. The van der Waals surface area contributed by atoms with Crippen LogP contribution in [0.5, 0.6) is 0 Å². The SMILES string of the molecule is NCc1nnc(C2CCC2)s1. The fourth-order valence-electron chi connectivity index (χ4n) is 1.17. The lowest BCUT2D eigenvalue weighted by Gasteiger charge is -2.21. The second-order valence-electron chi connectivity index (χ2n) is 2.87. The maximum absolute atomic E-state index is 5.43. The standard InChI is InChI=1S/C7H11N3S/c8-4-6-9-10-7(11-6)5-2-1-3-5/h5H,1-4,8H2. The second kappa shape index (κ2) is 2.87. The molecular formula is C7H11N3S. The first-order chi connectivity index (χ1) is 5.40. The number of hydrogen-bond donors (Lipinski definition) is 1. The van der Waals surface area contributed by atoms with Crippen LogP contribution in [-0.2, 0) is 6.54 Å². The topological polar surface area (TPSA) is 51.8 Å². The molecule has 1 aliphatic carbocycles. The van der Waals surface area contributed by atoms with Crippen molar-refractivity contribution in [1.29, 1.82) is 0 Å². The van der Waals surface area contributed by atoms with Crippen LogP contribution >= 0.6 is 11.3 Å². The number of aromatic nitrogens is 2. The van der Waals surface area contributed by atoms with Crippen LogP contribution in [0, 0.1) is 0 Å². The first-order valence-electron chi connectivity index (χ1n) is 3.92. The molecule has 0 bridgehead atoms. The summed E-state index contributed by atoms with van der Waals surface area (Å²) in [7, 11) is 0. The molecule has 1 aromatic heterocycles. The monoisotopic (exact) mass is 169 g/mol. The summed E-state index contributed by atoms with van der Waals surface area (Å²) in [5.74, 6) is 0.702. The van der Waals surface area contributed by atoms with Gasteiger partial charge >= 0.3 is 0 Å². The highest BCUT2D eigenvalue weighted by atomic mass is 32.1. The fourth-order valence-corrected chi connectivity index (χ4v) is 2.06. The zero-order chi connectivity index (χ0) is 7.68. The summed E-state index contributed by atoms with van der Waals surface area (Å²) in [6.45, 7) is 0.532. The van der Waals surface area contributed by atoms with Gasteiger partial charge in [-0.3, -0.25) is 0 Å². The van der Waals surface area contributed by atoms with E-state index >= 15 is 0 Å². The molecule has 1 aliphatic rings. The van der Waals surface area contributed by atoms with Gasteiger partial charge in [-0.05, 0) is 12.8 Å². The Hall–Kier alpha value is -0.480. The Kier molecular flexibility index (Phi) is 1.87. The minimum absolute atomic E-state index is 0.532.